The van der Waals surface area contributed by atoms with Gasteiger partial charge in [0.2, 0.25) is 0 Å². The molecule has 36 heavy (non-hydrogen) atoms. The fourth-order valence-electron chi connectivity index (χ4n) is 6.83. The van der Waals surface area contributed by atoms with Crippen LogP contribution in [0.15, 0.2) is 108 Å². The molecule has 1 unspecified atom stereocenters. The van der Waals surface area contributed by atoms with Gasteiger partial charge in [0.15, 0.2) is 0 Å². The summed E-state index contributed by atoms with van der Waals surface area (Å²) in [6, 6.07) is 35.4. The van der Waals surface area contributed by atoms with Crippen molar-refractivity contribution in [2.75, 3.05) is 0 Å². The van der Waals surface area contributed by atoms with Crippen molar-refractivity contribution in [1.29, 1.82) is 0 Å². The normalized spacial score (nSPS) is 15.8. The van der Waals surface area contributed by atoms with E-state index in [9.17, 15) is 0 Å². The maximum Gasteiger partial charge on any atom is 0.135 e. The zero-order valence-electron chi connectivity index (χ0n) is 19.5. The lowest BCUT2D eigenvalue weighted by atomic mass is 9.96. The Balaban J connectivity index is 1.45. The zero-order chi connectivity index (χ0) is 23.4. The quantitative estimate of drug-likeness (QED) is 0.239. The molecule has 0 bridgehead atoms. The van der Waals surface area contributed by atoms with Crippen molar-refractivity contribution in [3.8, 4) is 22.3 Å². The number of aromatic nitrogens is 1. The summed E-state index contributed by atoms with van der Waals surface area (Å²) in [5, 5.41) is 6.47. The number of rotatable bonds is 1. The molecule has 0 amide bonds. The Morgan fingerprint density at radius 1 is 0.667 bits per heavy atom. The van der Waals surface area contributed by atoms with Crippen molar-refractivity contribution in [3.05, 3.63) is 114 Å². The number of furan rings is 1. The number of hydrogen-bond acceptors (Lipinski definition) is 1. The largest absolute Gasteiger partial charge is 0.458 e. The van der Waals surface area contributed by atoms with Crippen molar-refractivity contribution >= 4 is 49.6 Å². The van der Waals surface area contributed by atoms with Gasteiger partial charge >= 0.3 is 0 Å². The summed E-state index contributed by atoms with van der Waals surface area (Å²) in [5.74, 6) is 1.06. The first-order valence-electron chi connectivity index (χ1n) is 12.6. The average molecular weight is 460 g/mol. The fraction of sp³-hybridized carbons (Fsp3) is 0.0588. The lowest BCUT2D eigenvalue weighted by Gasteiger charge is -2.23. The molecule has 2 aromatic heterocycles. The Hall–Kier alpha value is -4.56. The first-order valence-corrected chi connectivity index (χ1v) is 12.6. The fourth-order valence-corrected chi connectivity index (χ4v) is 6.83. The van der Waals surface area contributed by atoms with Crippen molar-refractivity contribution in [3.63, 3.8) is 0 Å². The molecule has 0 spiro atoms. The van der Waals surface area contributed by atoms with E-state index in [1.54, 1.807) is 0 Å². The van der Waals surface area contributed by atoms with Crippen LogP contribution in [0.3, 0.4) is 0 Å². The summed E-state index contributed by atoms with van der Waals surface area (Å²) in [6.45, 7) is 0. The number of allylic oxidation sites excluding steroid dienone is 1. The average Bonchev–Trinajstić information content (AvgIpc) is 3.58. The van der Waals surface area contributed by atoms with E-state index in [0.29, 0.717) is 0 Å². The summed E-state index contributed by atoms with van der Waals surface area (Å²) in [5.41, 5.74) is 10.1. The van der Waals surface area contributed by atoms with Crippen LogP contribution in [0.25, 0.3) is 71.9 Å². The molecule has 0 aliphatic heterocycles. The molecule has 0 N–H and O–H groups in total. The third-order valence-electron chi connectivity index (χ3n) is 8.26. The topological polar surface area (TPSA) is 18.1 Å². The van der Waals surface area contributed by atoms with E-state index < -0.39 is 0 Å². The summed E-state index contributed by atoms with van der Waals surface area (Å²) in [6.07, 6.45) is 5.46. The second kappa shape index (κ2) is 6.56. The standard InChI is InChI=1S/C34H21NO/c1-3-15-28-21(10-1)25-19-18-24-23-12-5-8-20-9-6-14-27(31(20)23)32(24)33(25)35(28)29-16-7-13-26-22-11-2-4-17-30(22)36-34(26)29/h1-15,17-19,29H,16H2. The first kappa shape index (κ1) is 18.7. The molecule has 2 heteroatoms. The van der Waals surface area contributed by atoms with Gasteiger partial charge in [0.05, 0.1) is 11.6 Å². The van der Waals surface area contributed by atoms with Gasteiger partial charge in [-0.25, -0.2) is 0 Å². The molecule has 7 aromatic rings. The first-order chi connectivity index (χ1) is 17.9. The Kier molecular flexibility index (Phi) is 3.41. The Bertz CT molecular complexity index is 2080. The minimum absolute atomic E-state index is 0.0919. The monoisotopic (exact) mass is 459 g/mol. The van der Waals surface area contributed by atoms with E-state index in [4.69, 9.17) is 4.42 Å². The van der Waals surface area contributed by atoms with E-state index in [-0.39, 0.29) is 6.04 Å². The molecule has 2 nitrogen and oxygen atoms in total. The van der Waals surface area contributed by atoms with Crippen LogP contribution in [-0.2, 0) is 0 Å². The predicted molar refractivity (Wildman–Crippen MR) is 149 cm³/mol. The van der Waals surface area contributed by atoms with Gasteiger partial charge in [-0.15, -0.1) is 0 Å². The van der Waals surface area contributed by atoms with E-state index in [1.807, 2.05) is 0 Å². The molecule has 168 valence electrons. The Morgan fingerprint density at radius 2 is 1.47 bits per heavy atom. The second-order valence-electron chi connectivity index (χ2n) is 10.0. The molecular weight excluding hydrogens is 438 g/mol. The van der Waals surface area contributed by atoms with Crippen molar-refractivity contribution < 1.29 is 4.42 Å². The van der Waals surface area contributed by atoms with Crippen LogP contribution < -0.4 is 0 Å². The van der Waals surface area contributed by atoms with Gasteiger partial charge in [-0.05, 0) is 46.0 Å². The van der Waals surface area contributed by atoms with Crippen LogP contribution >= 0.6 is 0 Å². The lowest BCUT2D eigenvalue weighted by molar-refractivity contribution is 0.461. The summed E-state index contributed by atoms with van der Waals surface area (Å²) < 4.78 is 9.16. The van der Waals surface area contributed by atoms with Crippen LogP contribution in [0.2, 0.25) is 0 Å². The highest BCUT2D eigenvalue weighted by Crippen LogP contribution is 2.53. The summed E-state index contributed by atoms with van der Waals surface area (Å²) >= 11 is 0. The van der Waals surface area contributed by atoms with Crippen molar-refractivity contribution in [2.24, 2.45) is 0 Å². The maximum absolute atomic E-state index is 6.59. The van der Waals surface area contributed by atoms with Gasteiger partial charge in [0.1, 0.15) is 11.3 Å². The second-order valence-corrected chi connectivity index (χ2v) is 10.0. The van der Waals surface area contributed by atoms with Crippen LogP contribution in [0.1, 0.15) is 23.8 Å². The molecule has 0 fully saturated rings. The number of benzene rings is 5. The highest BCUT2D eigenvalue weighted by Gasteiger charge is 2.31. The minimum atomic E-state index is 0.0919. The highest BCUT2D eigenvalue weighted by atomic mass is 16.3. The molecule has 5 aromatic carbocycles. The molecule has 2 aliphatic rings. The Labute approximate surface area is 207 Å². The molecule has 0 saturated carbocycles. The van der Waals surface area contributed by atoms with E-state index in [2.05, 4.69) is 114 Å². The Morgan fingerprint density at radius 3 is 2.39 bits per heavy atom. The zero-order valence-corrected chi connectivity index (χ0v) is 19.5. The smallest absolute Gasteiger partial charge is 0.135 e. The SMILES string of the molecule is C1=Cc2c(oc3ccccc23)C(n2c3ccccc3c3ccc4c(c32)-c2cccc3cccc-4c23)C1. The van der Waals surface area contributed by atoms with Gasteiger partial charge in [0.25, 0.3) is 0 Å². The van der Waals surface area contributed by atoms with Gasteiger partial charge in [-0.1, -0.05) is 97.1 Å². The number of hydrogen-bond donors (Lipinski definition) is 0. The number of para-hydroxylation sites is 2. The van der Waals surface area contributed by atoms with Crippen LogP contribution in [0.4, 0.5) is 0 Å². The van der Waals surface area contributed by atoms with E-state index in [1.165, 1.54) is 65.8 Å². The third-order valence-corrected chi connectivity index (χ3v) is 8.26. The van der Waals surface area contributed by atoms with Gasteiger partial charge in [-0.3, -0.25) is 0 Å². The highest BCUT2D eigenvalue weighted by molar-refractivity contribution is 6.24. The lowest BCUT2D eigenvalue weighted by Crippen LogP contribution is -2.12. The van der Waals surface area contributed by atoms with Gasteiger partial charge in [0, 0.05) is 32.8 Å². The van der Waals surface area contributed by atoms with Crippen LogP contribution in [-0.4, -0.2) is 4.57 Å². The minimum Gasteiger partial charge on any atom is -0.458 e. The van der Waals surface area contributed by atoms with Gasteiger partial charge < -0.3 is 8.98 Å². The summed E-state index contributed by atoms with van der Waals surface area (Å²) in [7, 11) is 0. The molecular formula is C34H21NO. The summed E-state index contributed by atoms with van der Waals surface area (Å²) in [4.78, 5) is 0. The van der Waals surface area contributed by atoms with Crippen LogP contribution in [0, 0.1) is 0 Å². The van der Waals surface area contributed by atoms with Crippen molar-refractivity contribution in [1.82, 2.24) is 4.57 Å². The van der Waals surface area contributed by atoms with Crippen molar-refractivity contribution in [2.45, 2.75) is 12.5 Å². The molecule has 2 aliphatic carbocycles. The molecule has 0 radical (unpaired) electrons. The number of fused-ring (bicyclic) bond motifs is 10. The molecule has 1 atom stereocenters. The molecule has 9 rings (SSSR count). The van der Waals surface area contributed by atoms with Crippen LogP contribution in [0.5, 0.6) is 0 Å². The van der Waals surface area contributed by atoms with E-state index in [0.717, 1.165) is 17.8 Å². The molecule has 0 saturated heterocycles. The van der Waals surface area contributed by atoms with Gasteiger partial charge in [-0.2, -0.15) is 0 Å². The van der Waals surface area contributed by atoms with E-state index >= 15 is 0 Å². The number of nitrogens with zero attached hydrogens (tertiary/aromatic N) is 1. The predicted octanol–water partition coefficient (Wildman–Crippen LogP) is 9.35. The maximum atomic E-state index is 6.59. The molecule has 2 heterocycles. The third kappa shape index (κ3) is 2.18.